The molecule has 3 nitrogen and oxygen atoms in total. The molecule has 0 saturated carbocycles. The Labute approximate surface area is 83.2 Å². The molecule has 0 radical (unpaired) electrons. The molecular formula is C9H22O3Si. The van der Waals surface area contributed by atoms with Crippen LogP contribution in [0.1, 0.15) is 26.7 Å². The zero-order valence-electron chi connectivity index (χ0n) is 9.04. The highest BCUT2D eigenvalue weighted by Gasteiger charge is 2.10. The van der Waals surface area contributed by atoms with Crippen LogP contribution >= 0.6 is 0 Å². The van der Waals surface area contributed by atoms with Crippen LogP contribution in [0.3, 0.4) is 0 Å². The minimum atomic E-state index is -1.33. The van der Waals surface area contributed by atoms with E-state index in [4.69, 9.17) is 13.6 Å². The Morgan fingerprint density at radius 3 is 2.08 bits per heavy atom. The summed E-state index contributed by atoms with van der Waals surface area (Å²) in [7, 11) is 0.404. The van der Waals surface area contributed by atoms with Crippen LogP contribution < -0.4 is 0 Å². The topological polar surface area (TPSA) is 27.7 Å². The second kappa shape index (κ2) is 10.2. The fraction of sp³-hybridized carbons (Fsp3) is 1.00. The summed E-state index contributed by atoms with van der Waals surface area (Å²) in [5, 5.41) is 0. The third kappa shape index (κ3) is 8.43. The summed E-state index contributed by atoms with van der Waals surface area (Å²) < 4.78 is 16.1. The van der Waals surface area contributed by atoms with E-state index >= 15 is 0 Å². The van der Waals surface area contributed by atoms with E-state index in [2.05, 4.69) is 0 Å². The fourth-order valence-electron chi connectivity index (χ4n) is 1.14. The standard InChI is InChI=1S/C9H22O3Si/c1-4-11-13(12-5-2)9-7-6-8-10-3/h13H,4-9H2,1-3H3. The van der Waals surface area contributed by atoms with Gasteiger partial charge < -0.3 is 13.6 Å². The van der Waals surface area contributed by atoms with E-state index < -0.39 is 9.28 Å². The molecule has 0 fully saturated rings. The van der Waals surface area contributed by atoms with Crippen LogP contribution in [0.5, 0.6) is 0 Å². The molecule has 0 bridgehead atoms. The van der Waals surface area contributed by atoms with Crippen molar-refractivity contribution in [3.63, 3.8) is 0 Å². The zero-order chi connectivity index (χ0) is 9.94. The number of unbranched alkanes of at least 4 members (excludes halogenated alkanes) is 1. The van der Waals surface area contributed by atoms with Crippen LogP contribution in [0, 0.1) is 0 Å². The van der Waals surface area contributed by atoms with Gasteiger partial charge in [-0.2, -0.15) is 0 Å². The summed E-state index contributed by atoms with van der Waals surface area (Å²) in [4.78, 5) is 0. The summed E-state index contributed by atoms with van der Waals surface area (Å²) >= 11 is 0. The molecule has 0 aliphatic carbocycles. The molecule has 0 heterocycles. The molecule has 0 aromatic carbocycles. The smallest absolute Gasteiger partial charge is 0.321 e. The summed E-state index contributed by atoms with van der Waals surface area (Å²) in [5.74, 6) is 0. The van der Waals surface area contributed by atoms with Crippen LogP contribution in [0.15, 0.2) is 0 Å². The summed E-state index contributed by atoms with van der Waals surface area (Å²) in [6, 6.07) is 1.10. The molecule has 0 saturated heterocycles. The Hall–Kier alpha value is 0.0969. The second-order valence-electron chi connectivity index (χ2n) is 2.83. The van der Waals surface area contributed by atoms with Crippen molar-refractivity contribution in [2.24, 2.45) is 0 Å². The van der Waals surface area contributed by atoms with Crippen molar-refractivity contribution in [2.45, 2.75) is 32.7 Å². The second-order valence-corrected chi connectivity index (χ2v) is 4.93. The summed E-state index contributed by atoms with van der Waals surface area (Å²) in [5.41, 5.74) is 0. The van der Waals surface area contributed by atoms with Gasteiger partial charge >= 0.3 is 9.28 Å². The van der Waals surface area contributed by atoms with Crippen molar-refractivity contribution in [3.05, 3.63) is 0 Å². The molecule has 0 aliphatic heterocycles. The molecule has 0 N–H and O–H groups in total. The normalized spacial score (nSPS) is 11.1. The maximum absolute atomic E-state index is 5.54. The third-order valence-electron chi connectivity index (χ3n) is 1.74. The highest BCUT2D eigenvalue weighted by Crippen LogP contribution is 2.04. The Kier molecular flexibility index (Phi) is 10.3. The maximum atomic E-state index is 5.54. The fourth-order valence-corrected chi connectivity index (χ4v) is 2.94. The van der Waals surface area contributed by atoms with Crippen LogP contribution in [0.25, 0.3) is 0 Å². The number of hydrogen-bond donors (Lipinski definition) is 0. The SMILES string of the molecule is CCO[SiH](CCCCOC)OCC. The lowest BCUT2D eigenvalue weighted by Gasteiger charge is -2.14. The highest BCUT2D eigenvalue weighted by molar-refractivity contribution is 6.44. The molecule has 0 atom stereocenters. The van der Waals surface area contributed by atoms with Gasteiger partial charge in [-0.1, -0.05) is 0 Å². The van der Waals surface area contributed by atoms with Gasteiger partial charge in [0.05, 0.1) is 0 Å². The number of methoxy groups -OCH3 is 1. The van der Waals surface area contributed by atoms with Crippen molar-refractivity contribution >= 4 is 9.28 Å². The van der Waals surface area contributed by atoms with Crippen molar-refractivity contribution in [3.8, 4) is 0 Å². The van der Waals surface area contributed by atoms with Crippen LogP contribution in [0.4, 0.5) is 0 Å². The van der Waals surface area contributed by atoms with Crippen LogP contribution in [-0.4, -0.2) is 36.2 Å². The van der Waals surface area contributed by atoms with Gasteiger partial charge in [-0.05, 0) is 32.7 Å². The van der Waals surface area contributed by atoms with Gasteiger partial charge in [0.2, 0.25) is 0 Å². The van der Waals surface area contributed by atoms with E-state index in [9.17, 15) is 0 Å². The van der Waals surface area contributed by atoms with E-state index in [1.54, 1.807) is 7.11 Å². The van der Waals surface area contributed by atoms with Gasteiger partial charge in [-0.25, -0.2) is 0 Å². The molecule has 0 rings (SSSR count). The minimum absolute atomic E-state index is 0.779. The van der Waals surface area contributed by atoms with Crippen LogP contribution in [-0.2, 0) is 13.6 Å². The predicted octanol–water partition coefficient (Wildman–Crippen LogP) is 1.71. The lowest BCUT2D eigenvalue weighted by Crippen LogP contribution is -2.22. The molecule has 0 amide bonds. The van der Waals surface area contributed by atoms with E-state index in [-0.39, 0.29) is 0 Å². The maximum Gasteiger partial charge on any atom is 0.321 e. The minimum Gasteiger partial charge on any atom is -0.397 e. The van der Waals surface area contributed by atoms with Crippen molar-refractivity contribution < 1.29 is 13.6 Å². The van der Waals surface area contributed by atoms with Gasteiger partial charge in [-0.3, -0.25) is 0 Å². The largest absolute Gasteiger partial charge is 0.397 e. The lowest BCUT2D eigenvalue weighted by atomic mass is 10.4. The first-order valence-electron chi connectivity index (χ1n) is 5.07. The first-order valence-corrected chi connectivity index (χ1v) is 6.83. The molecule has 80 valence electrons. The number of hydrogen-bond acceptors (Lipinski definition) is 3. The lowest BCUT2D eigenvalue weighted by molar-refractivity contribution is 0.189. The van der Waals surface area contributed by atoms with Gasteiger partial charge in [0, 0.05) is 26.9 Å². The van der Waals surface area contributed by atoms with Crippen molar-refractivity contribution in [2.75, 3.05) is 26.9 Å². The molecule has 0 aliphatic rings. The molecular weight excluding hydrogens is 184 g/mol. The van der Waals surface area contributed by atoms with Gasteiger partial charge in [0.15, 0.2) is 0 Å². The highest BCUT2D eigenvalue weighted by atomic mass is 28.3. The van der Waals surface area contributed by atoms with Crippen LogP contribution in [0.2, 0.25) is 6.04 Å². The van der Waals surface area contributed by atoms with Crippen molar-refractivity contribution in [1.82, 2.24) is 0 Å². The van der Waals surface area contributed by atoms with Crippen molar-refractivity contribution in [1.29, 1.82) is 0 Å². The predicted molar refractivity (Wildman–Crippen MR) is 56.3 cm³/mol. The summed E-state index contributed by atoms with van der Waals surface area (Å²) in [6.45, 7) is 6.45. The van der Waals surface area contributed by atoms with E-state index in [0.717, 1.165) is 38.7 Å². The molecule has 0 aromatic heterocycles. The molecule has 0 aromatic rings. The third-order valence-corrected chi connectivity index (χ3v) is 4.03. The average Bonchev–Trinajstić information content (AvgIpc) is 2.13. The monoisotopic (exact) mass is 206 g/mol. The summed E-state index contributed by atoms with van der Waals surface area (Å²) in [6.07, 6.45) is 2.27. The van der Waals surface area contributed by atoms with E-state index in [1.807, 2.05) is 13.8 Å². The Morgan fingerprint density at radius 1 is 1.00 bits per heavy atom. The Balaban J connectivity index is 3.33. The van der Waals surface area contributed by atoms with Gasteiger partial charge in [0.1, 0.15) is 0 Å². The molecule has 0 unspecified atom stereocenters. The molecule has 0 spiro atoms. The first-order chi connectivity index (χ1) is 6.35. The van der Waals surface area contributed by atoms with Gasteiger partial charge in [0.25, 0.3) is 0 Å². The zero-order valence-corrected chi connectivity index (χ0v) is 10.2. The quantitative estimate of drug-likeness (QED) is 0.424. The Morgan fingerprint density at radius 2 is 1.62 bits per heavy atom. The first kappa shape index (κ1) is 13.1. The number of rotatable bonds is 9. The van der Waals surface area contributed by atoms with E-state index in [0.29, 0.717) is 0 Å². The Bertz CT molecular complexity index is 94.9. The number of ether oxygens (including phenoxy) is 1. The van der Waals surface area contributed by atoms with E-state index in [1.165, 1.54) is 0 Å². The molecule has 4 heteroatoms. The average molecular weight is 206 g/mol. The molecule has 13 heavy (non-hydrogen) atoms. The van der Waals surface area contributed by atoms with Gasteiger partial charge in [-0.15, -0.1) is 0 Å².